The number of nitrogens with zero attached hydrogens (tertiary/aromatic N) is 3. The maximum absolute atomic E-state index is 11.9. The average Bonchev–Trinajstić information content (AvgIpc) is 2.98. The second-order valence-electron chi connectivity index (χ2n) is 5.43. The summed E-state index contributed by atoms with van der Waals surface area (Å²) in [6, 6.07) is 0. The SMILES string of the molecule is Cc1c(C(=O)OCC(C)C)nnn1CC1CCOC1. The molecule has 2 heterocycles. The van der Waals surface area contributed by atoms with Gasteiger partial charge in [-0.05, 0) is 19.3 Å². The number of rotatable bonds is 5. The lowest BCUT2D eigenvalue weighted by atomic mass is 10.1. The van der Waals surface area contributed by atoms with Crippen molar-refractivity contribution in [3.8, 4) is 0 Å². The zero-order valence-corrected chi connectivity index (χ0v) is 11.8. The molecule has 0 bridgehead atoms. The van der Waals surface area contributed by atoms with Gasteiger partial charge < -0.3 is 9.47 Å². The molecule has 1 aliphatic heterocycles. The Labute approximate surface area is 113 Å². The van der Waals surface area contributed by atoms with Crippen LogP contribution in [0.25, 0.3) is 0 Å². The van der Waals surface area contributed by atoms with E-state index in [0.29, 0.717) is 24.1 Å². The van der Waals surface area contributed by atoms with Gasteiger partial charge in [-0.1, -0.05) is 19.1 Å². The number of hydrogen-bond donors (Lipinski definition) is 0. The van der Waals surface area contributed by atoms with Gasteiger partial charge in [0.15, 0.2) is 5.69 Å². The van der Waals surface area contributed by atoms with E-state index in [0.717, 1.165) is 31.9 Å². The predicted molar refractivity (Wildman–Crippen MR) is 68.8 cm³/mol. The molecule has 0 aromatic carbocycles. The Bertz CT molecular complexity index is 436. The largest absolute Gasteiger partial charge is 0.461 e. The smallest absolute Gasteiger partial charge is 0.360 e. The minimum Gasteiger partial charge on any atom is -0.461 e. The third-order valence-electron chi connectivity index (χ3n) is 3.18. The zero-order valence-electron chi connectivity index (χ0n) is 11.8. The third kappa shape index (κ3) is 3.53. The number of carbonyl (C=O) groups excluding carboxylic acids is 1. The molecule has 6 nitrogen and oxygen atoms in total. The van der Waals surface area contributed by atoms with Crippen molar-refractivity contribution in [1.82, 2.24) is 15.0 Å². The minimum absolute atomic E-state index is 0.315. The van der Waals surface area contributed by atoms with Crippen molar-refractivity contribution < 1.29 is 14.3 Å². The summed E-state index contributed by atoms with van der Waals surface area (Å²) in [5.74, 6) is 0.384. The molecule has 1 saturated heterocycles. The van der Waals surface area contributed by atoms with Crippen LogP contribution >= 0.6 is 0 Å². The molecule has 0 radical (unpaired) electrons. The van der Waals surface area contributed by atoms with E-state index in [1.807, 2.05) is 20.8 Å². The Morgan fingerprint density at radius 3 is 3.00 bits per heavy atom. The molecule has 0 spiro atoms. The summed E-state index contributed by atoms with van der Waals surface area (Å²) >= 11 is 0. The number of carbonyl (C=O) groups is 1. The van der Waals surface area contributed by atoms with Gasteiger partial charge in [0.1, 0.15) is 0 Å². The van der Waals surface area contributed by atoms with Gasteiger partial charge in [-0.15, -0.1) is 5.10 Å². The molecule has 0 N–H and O–H groups in total. The van der Waals surface area contributed by atoms with Crippen LogP contribution < -0.4 is 0 Å². The minimum atomic E-state index is -0.389. The standard InChI is InChI=1S/C13H21N3O3/c1-9(2)7-19-13(17)12-10(3)16(15-14-12)6-11-4-5-18-8-11/h9,11H,4-8H2,1-3H3. The molecule has 1 aromatic rings. The Hall–Kier alpha value is -1.43. The summed E-state index contributed by atoms with van der Waals surface area (Å²) in [4.78, 5) is 11.9. The lowest BCUT2D eigenvalue weighted by Crippen LogP contribution is -2.15. The van der Waals surface area contributed by atoms with Crippen LogP contribution in [0.4, 0.5) is 0 Å². The highest BCUT2D eigenvalue weighted by Gasteiger charge is 2.22. The van der Waals surface area contributed by atoms with Crippen LogP contribution in [0.5, 0.6) is 0 Å². The van der Waals surface area contributed by atoms with Gasteiger partial charge in [0.2, 0.25) is 0 Å². The highest BCUT2D eigenvalue weighted by atomic mass is 16.5. The fourth-order valence-electron chi connectivity index (χ4n) is 2.00. The Kier molecular flexibility index (Phi) is 4.52. The van der Waals surface area contributed by atoms with Crippen LogP contribution in [0.2, 0.25) is 0 Å². The van der Waals surface area contributed by atoms with Gasteiger partial charge in [0, 0.05) is 19.1 Å². The second-order valence-corrected chi connectivity index (χ2v) is 5.43. The van der Waals surface area contributed by atoms with E-state index in [1.54, 1.807) is 4.68 Å². The summed E-state index contributed by atoms with van der Waals surface area (Å²) in [6.07, 6.45) is 1.03. The van der Waals surface area contributed by atoms with E-state index < -0.39 is 0 Å². The predicted octanol–water partition coefficient (Wildman–Crippen LogP) is 1.44. The van der Waals surface area contributed by atoms with Crippen molar-refractivity contribution in [1.29, 1.82) is 0 Å². The van der Waals surface area contributed by atoms with E-state index in [9.17, 15) is 4.79 Å². The second kappa shape index (κ2) is 6.14. The summed E-state index contributed by atoms with van der Waals surface area (Å²) in [6.45, 7) is 8.56. The first kappa shape index (κ1) is 14.0. The van der Waals surface area contributed by atoms with Crippen LogP contribution in [-0.2, 0) is 16.0 Å². The van der Waals surface area contributed by atoms with E-state index in [-0.39, 0.29) is 5.97 Å². The number of aromatic nitrogens is 3. The highest BCUT2D eigenvalue weighted by molar-refractivity contribution is 5.88. The first-order valence-electron chi connectivity index (χ1n) is 6.73. The van der Waals surface area contributed by atoms with Gasteiger partial charge in [0.05, 0.1) is 18.9 Å². The quantitative estimate of drug-likeness (QED) is 0.755. The first-order chi connectivity index (χ1) is 9.08. The molecule has 1 fully saturated rings. The van der Waals surface area contributed by atoms with E-state index in [2.05, 4.69) is 10.3 Å². The molecule has 6 heteroatoms. The number of esters is 1. The van der Waals surface area contributed by atoms with E-state index >= 15 is 0 Å². The molecule has 106 valence electrons. The normalized spacial score (nSPS) is 19.1. The monoisotopic (exact) mass is 267 g/mol. The highest BCUT2D eigenvalue weighted by Crippen LogP contribution is 2.16. The first-order valence-corrected chi connectivity index (χ1v) is 6.73. The molecule has 1 aromatic heterocycles. The molecule has 0 amide bonds. The van der Waals surface area contributed by atoms with E-state index in [4.69, 9.17) is 9.47 Å². The van der Waals surface area contributed by atoms with Crippen LogP contribution in [0.3, 0.4) is 0 Å². The van der Waals surface area contributed by atoms with Crippen molar-refractivity contribution in [2.75, 3.05) is 19.8 Å². The molecular weight excluding hydrogens is 246 g/mol. The Balaban J connectivity index is 1.98. The lowest BCUT2D eigenvalue weighted by molar-refractivity contribution is 0.0451. The van der Waals surface area contributed by atoms with Gasteiger partial charge in [-0.3, -0.25) is 0 Å². The summed E-state index contributed by atoms with van der Waals surface area (Å²) in [7, 11) is 0. The van der Waals surface area contributed by atoms with Crippen LogP contribution in [-0.4, -0.2) is 40.8 Å². The third-order valence-corrected chi connectivity index (χ3v) is 3.18. The van der Waals surface area contributed by atoms with Crippen molar-refractivity contribution in [3.63, 3.8) is 0 Å². The van der Waals surface area contributed by atoms with Gasteiger partial charge in [-0.2, -0.15) is 0 Å². The van der Waals surface area contributed by atoms with Gasteiger partial charge in [-0.25, -0.2) is 9.48 Å². The maximum Gasteiger partial charge on any atom is 0.360 e. The van der Waals surface area contributed by atoms with Crippen LogP contribution in [0, 0.1) is 18.8 Å². The maximum atomic E-state index is 11.9. The molecule has 2 rings (SSSR count). The molecule has 1 unspecified atom stereocenters. The van der Waals surface area contributed by atoms with Crippen molar-refractivity contribution >= 4 is 5.97 Å². The van der Waals surface area contributed by atoms with Crippen LogP contribution in [0.15, 0.2) is 0 Å². The fourth-order valence-corrected chi connectivity index (χ4v) is 2.00. The molecule has 0 saturated carbocycles. The molecule has 1 aliphatic rings. The van der Waals surface area contributed by atoms with Crippen molar-refractivity contribution in [2.45, 2.75) is 33.7 Å². The number of hydrogen-bond acceptors (Lipinski definition) is 5. The van der Waals surface area contributed by atoms with Crippen molar-refractivity contribution in [3.05, 3.63) is 11.4 Å². The van der Waals surface area contributed by atoms with Gasteiger partial charge >= 0.3 is 5.97 Å². The lowest BCUT2D eigenvalue weighted by Gasteiger charge is -2.09. The Morgan fingerprint density at radius 1 is 1.58 bits per heavy atom. The average molecular weight is 267 g/mol. The zero-order chi connectivity index (χ0) is 13.8. The summed E-state index contributed by atoms with van der Waals surface area (Å²) in [5.41, 5.74) is 1.08. The van der Waals surface area contributed by atoms with Crippen LogP contribution in [0.1, 0.15) is 36.5 Å². The summed E-state index contributed by atoms with van der Waals surface area (Å²) in [5, 5.41) is 7.97. The fraction of sp³-hybridized carbons (Fsp3) is 0.769. The molecule has 19 heavy (non-hydrogen) atoms. The molecule has 1 atom stereocenters. The van der Waals surface area contributed by atoms with Gasteiger partial charge in [0.25, 0.3) is 0 Å². The molecular formula is C13H21N3O3. The topological polar surface area (TPSA) is 66.2 Å². The number of ether oxygens (including phenoxy) is 2. The Morgan fingerprint density at radius 2 is 2.37 bits per heavy atom. The van der Waals surface area contributed by atoms with Crippen molar-refractivity contribution in [2.24, 2.45) is 11.8 Å². The van der Waals surface area contributed by atoms with E-state index in [1.165, 1.54) is 0 Å². The molecule has 0 aliphatic carbocycles. The summed E-state index contributed by atoms with van der Waals surface area (Å²) < 4.78 is 12.3.